The third-order valence-corrected chi connectivity index (χ3v) is 5.15. The quantitative estimate of drug-likeness (QED) is 0.220. The summed E-state index contributed by atoms with van der Waals surface area (Å²) in [5.74, 6) is -1.52. The van der Waals surface area contributed by atoms with E-state index < -0.39 is 24.6 Å². The summed E-state index contributed by atoms with van der Waals surface area (Å²) in [5.41, 5.74) is -1.14. The van der Waals surface area contributed by atoms with E-state index in [4.69, 9.17) is 19.2 Å². The van der Waals surface area contributed by atoms with E-state index in [1.807, 2.05) is 34.6 Å². The monoisotopic (exact) mass is 490 g/mol. The van der Waals surface area contributed by atoms with Crippen LogP contribution >= 0.6 is 7.82 Å². The molecule has 0 aromatic heterocycles. The molecule has 1 aliphatic rings. The maximum absolute atomic E-state index is 11.1. The molecule has 32 heavy (non-hydrogen) atoms. The predicted molar refractivity (Wildman–Crippen MR) is 107 cm³/mol. The summed E-state index contributed by atoms with van der Waals surface area (Å²) in [7, 11) is -5.22. The summed E-state index contributed by atoms with van der Waals surface area (Å²) in [5, 5.41) is 0. The standard InChI is InChI=1S/C21H35O8P.2Na/c1-15(2)26-21(16-10-9-11-17(12-16)27-30(22,23)24)20(28-29-21,19(6,7)8)14-25-13-18(3,4)5;;/h9-12,15H,13-14H2,1-8H3,(H2,22,23,24);;/q;2*+1/p-2. The normalized spacial score (nSPS) is 23.7. The second-order valence-electron chi connectivity index (χ2n) is 10.1. The Balaban J connectivity index is 0.00000480. The molecule has 2 atom stereocenters. The SMILES string of the molecule is CC(C)OC1(c2cccc(OP(=O)([O-])[O-])c2)OOC1(COCC(C)(C)C)C(C)(C)C.[Na+].[Na+]. The Morgan fingerprint density at radius 1 is 1.06 bits per heavy atom. The van der Waals surface area contributed by atoms with Crippen molar-refractivity contribution in [3.8, 4) is 5.75 Å². The van der Waals surface area contributed by atoms with Gasteiger partial charge in [0.1, 0.15) is 13.6 Å². The summed E-state index contributed by atoms with van der Waals surface area (Å²) < 4.78 is 27.9. The molecule has 0 bridgehead atoms. The number of ether oxygens (including phenoxy) is 2. The molecule has 0 spiro atoms. The minimum Gasteiger partial charge on any atom is -0.780 e. The van der Waals surface area contributed by atoms with Crippen molar-refractivity contribution in [1.82, 2.24) is 0 Å². The van der Waals surface area contributed by atoms with Gasteiger partial charge in [-0.25, -0.2) is 4.89 Å². The Morgan fingerprint density at radius 3 is 2.06 bits per heavy atom. The van der Waals surface area contributed by atoms with Crippen LogP contribution in [0.25, 0.3) is 0 Å². The molecule has 0 saturated carbocycles. The van der Waals surface area contributed by atoms with Crippen LogP contribution < -0.4 is 73.4 Å². The van der Waals surface area contributed by atoms with Crippen molar-refractivity contribution in [3.63, 3.8) is 0 Å². The molecule has 0 aliphatic carbocycles. The van der Waals surface area contributed by atoms with Crippen LogP contribution in [0, 0.1) is 10.8 Å². The zero-order chi connectivity index (χ0) is 23.0. The van der Waals surface area contributed by atoms with Crippen LogP contribution in [0.4, 0.5) is 0 Å². The van der Waals surface area contributed by atoms with E-state index in [0.29, 0.717) is 12.2 Å². The van der Waals surface area contributed by atoms with Crippen molar-refractivity contribution < 1.29 is 97.2 Å². The minimum atomic E-state index is -5.22. The van der Waals surface area contributed by atoms with E-state index in [2.05, 4.69) is 25.3 Å². The Bertz CT molecular complexity index is 787. The Morgan fingerprint density at radius 2 is 1.66 bits per heavy atom. The number of hydrogen-bond acceptors (Lipinski definition) is 8. The van der Waals surface area contributed by atoms with Gasteiger partial charge in [-0.05, 0) is 31.4 Å². The average molecular weight is 490 g/mol. The third-order valence-electron chi connectivity index (χ3n) is 4.72. The number of rotatable bonds is 8. The van der Waals surface area contributed by atoms with E-state index in [0.717, 1.165) is 0 Å². The summed E-state index contributed by atoms with van der Waals surface area (Å²) in [6, 6.07) is 6.07. The first-order chi connectivity index (χ1) is 13.5. The van der Waals surface area contributed by atoms with Crippen LogP contribution in [0.5, 0.6) is 5.75 Å². The fourth-order valence-electron chi connectivity index (χ4n) is 3.36. The first-order valence-electron chi connectivity index (χ1n) is 9.96. The van der Waals surface area contributed by atoms with E-state index in [9.17, 15) is 14.4 Å². The van der Waals surface area contributed by atoms with Gasteiger partial charge in [-0.15, -0.1) is 0 Å². The molecular weight excluding hydrogens is 457 g/mol. The second kappa shape index (κ2) is 11.8. The Labute approximate surface area is 235 Å². The molecule has 0 N–H and O–H groups in total. The van der Waals surface area contributed by atoms with Gasteiger partial charge >= 0.3 is 59.1 Å². The smallest absolute Gasteiger partial charge is 0.780 e. The molecule has 1 fully saturated rings. The molecule has 11 heteroatoms. The van der Waals surface area contributed by atoms with E-state index >= 15 is 0 Å². The van der Waals surface area contributed by atoms with Crippen molar-refractivity contribution in [2.24, 2.45) is 10.8 Å². The first-order valence-corrected chi connectivity index (χ1v) is 11.4. The van der Waals surface area contributed by atoms with Gasteiger partial charge in [-0.1, -0.05) is 53.7 Å². The van der Waals surface area contributed by atoms with Crippen LogP contribution in [0.2, 0.25) is 0 Å². The summed E-state index contributed by atoms with van der Waals surface area (Å²) in [4.78, 5) is 33.6. The topological polar surface area (TPSA) is 109 Å². The summed E-state index contributed by atoms with van der Waals surface area (Å²) in [6.07, 6.45) is -0.257. The summed E-state index contributed by atoms with van der Waals surface area (Å²) >= 11 is 0. The Kier molecular flexibility index (Phi) is 12.2. The number of benzene rings is 1. The van der Waals surface area contributed by atoms with Gasteiger partial charge in [0.15, 0.2) is 5.60 Å². The molecule has 1 aliphatic heterocycles. The van der Waals surface area contributed by atoms with Crippen molar-refractivity contribution in [2.75, 3.05) is 13.2 Å². The Hall–Kier alpha value is 1.01. The van der Waals surface area contributed by atoms with Gasteiger partial charge in [0.05, 0.1) is 19.3 Å². The largest absolute Gasteiger partial charge is 1.00 e. The second-order valence-corrected chi connectivity index (χ2v) is 11.2. The maximum atomic E-state index is 11.1. The maximum Gasteiger partial charge on any atom is 1.00 e. The van der Waals surface area contributed by atoms with Crippen LogP contribution in [-0.4, -0.2) is 24.9 Å². The predicted octanol–water partition coefficient (Wildman–Crippen LogP) is -2.71. The zero-order valence-electron chi connectivity index (χ0n) is 21.0. The van der Waals surface area contributed by atoms with E-state index in [1.54, 1.807) is 12.1 Å². The fourth-order valence-corrected chi connectivity index (χ4v) is 3.73. The summed E-state index contributed by atoms with van der Waals surface area (Å²) in [6.45, 7) is 16.5. The van der Waals surface area contributed by atoms with Gasteiger partial charge in [0.25, 0.3) is 5.79 Å². The van der Waals surface area contributed by atoms with Crippen molar-refractivity contribution in [1.29, 1.82) is 0 Å². The molecule has 2 rings (SSSR count). The van der Waals surface area contributed by atoms with Gasteiger partial charge in [0.2, 0.25) is 0 Å². The molecule has 0 amide bonds. The molecule has 1 saturated heterocycles. The van der Waals surface area contributed by atoms with Crippen molar-refractivity contribution >= 4 is 7.82 Å². The van der Waals surface area contributed by atoms with Gasteiger partial charge in [-0.3, -0.25) is 0 Å². The number of phosphoric acid groups is 1. The average Bonchev–Trinajstić information content (AvgIpc) is 2.51. The molecule has 1 heterocycles. The van der Waals surface area contributed by atoms with Crippen molar-refractivity contribution in [3.05, 3.63) is 29.8 Å². The molecule has 1 aromatic rings. The molecule has 0 radical (unpaired) electrons. The van der Waals surface area contributed by atoms with Crippen LogP contribution in [0.3, 0.4) is 0 Å². The minimum absolute atomic E-state index is 0. The number of phosphoric ester groups is 1. The van der Waals surface area contributed by atoms with Crippen LogP contribution in [0.15, 0.2) is 24.3 Å². The molecule has 8 nitrogen and oxygen atoms in total. The van der Waals surface area contributed by atoms with Gasteiger partial charge < -0.3 is 28.3 Å². The molecule has 1 aromatic carbocycles. The molecule has 172 valence electrons. The molecular formula is C21H33Na2O8P. The fraction of sp³-hybridized carbons (Fsp3) is 0.714. The van der Waals surface area contributed by atoms with Crippen LogP contribution in [0.1, 0.15) is 61.0 Å². The molecule has 2 unspecified atom stereocenters. The van der Waals surface area contributed by atoms with Crippen LogP contribution in [-0.2, 0) is 29.6 Å². The third kappa shape index (κ3) is 7.76. The van der Waals surface area contributed by atoms with E-state index in [-0.39, 0.29) is 83.0 Å². The van der Waals surface area contributed by atoms with Gasteiger partial charge in [0, 0.05) is 11.0 Å². The number of hydrogen-bond donors (Lipinski definition) is 0. The zero-order valence-corrected chi connectivity index (χ0v) is 25.9. The first kappa shape index (κ1) is 33.0. The van der Waals surface area contributed by atoms with Crippen molar-refractivity contribution in [2.45, 2.75) is 72.9 Å². The van der Waals surface area contributed by atoms with E-state index in [1.165, 1.54) is 12.1 Å². The van der Waals surface area contributed by atoms with Gasteiger partial charge in [-0.2, -0.15) is 4.89 Å².